The minimum atomic E-state index is -0.375. The number of hydrogen-bond donors (Lipinski definition) is 0. The van der Waals surface area contributed by atoms with Crippen molar-refractivity contribution in [3.05, 3.63) is 52.1 Å². The zero-order chi connectivity index (χ0) is 11.7. The predicted octanol–water partition coefficient (Wildman–Crippen LogP) is 2.40. The molecule has 5 nitrogen and oxygen atoms in total. The smallest absolute Gasteiger partial charge is 0.272 e. The van der Waals surface area contributed by atoms with E-state index in [0.29, 0.717) is 5.56 Å². The van der Waals surface area contributed by atoms with Crippen molar-refractivity contribution in [3.8, 4) is 5.69 Å². The van der Waals surface area contributed by atoms with E-state index in [4.69, 9.17) is 0 Å². The molecule has 2 rings (SSSR count). The molecule has 0 radical (unpaired) electrons. The highest BCUT2D eigenvalue weighted by molar-refractivity contribution is 5.47. The number of rotatable bonds is 2. The number of aryl methyl sites for hydroxylation is 2. The van der Waals surface area contributed by atoms with Gasteiger partial charge in [0, 0.05) is 29.7 Å². The highest BCUT2D eigenvalue weighted by Crippen LogP contribution is 2.21. The minimum absolute atomic E-state index is 0.140. The van der Waals surface area contributed by atoms with Gasteiger partial charge in [-0.15, -0.1) is 0 Å². The van der Waals surface area contributed by atoms with Crippen LogP contribution in [0.25, 0.3) is 5.69 Å². The van der Waals surface area contributed by atoms with Crippen LogP contribution in [0.2, 0.25) is 0 Å². The molecule has 0 unspecified atom stereocenters. The Morgan fingerprint density at radius 3 is 2.62 bits per heavy atom. The Bertz CT molecular complexity index is 546. The summed E-state index contributed by atoms with van der Waals surface area (Å²) in [6, 6.07) is 5.02. The molecule has 0 fully saturated rings. The summed E-state index contributed by atoms with van der Waals surface area (Å²) in [5.74, 6) is 0.855. The number of benzene rings is 1. The van der Waals surface area contributed by atoms with Gasteiger partial charge in [-0.05, 0) is 26.0 Å². The Hall–Kier alpha value is -2.17. The maximum atomic E-state index is 10.7. The van der Waals surface area contributed by atoms with Gasteiger partial charge < -0.3 is 4.57 Å². The van der Waals surface area contributed by atoms with Crippen molar-refractivity contribution in [2.24, 2.45) is 0 Å². The maximum absolute atomic E-state index is 10.7. The van der Waals surface area contributed by atoms with E-state index in [9.17, 15) is 10.1 Å². The van der Waals surface area contributed by atoms with Crippen LogP contribution in [0.1, 0.15) is 11.4 Å². The summed E-state index contributed by atoms with van der Waals surface area (Å²) >= 11 is 0. The molecule has 1 aromatic carbocycles. The van der Waals surface area contributed by atoms with Crippen molar-refractivity contribution in [2.75, 3.05) is 0 Å². The van der Waals surface area contributed by atoms with E-state index in [1.54, 1.807) is 25.3 Å². The first-order valence-corrected chi connectivity index (χ1v) is 4.85. The quantitative estimate of drug-likeness (QED) is 0.573. The molecule has 16 heavy (non-hydrogen) atoms. The Labute approximate surface area is 92.5 Å². The second kappa shape index (κ2) is 3.77. The molecule has 82 valence electrons. The molecule has 0 spiro atoms. The van der Waals surface area contributed by atoms with Crippen molar-refractivity contribution in [1.29, 1.82) is 0 Å². The van der Waals surface area contributed by atoms with Crippen LogP contribution in [-0.2, 0) is 0 Å². The van der Waals surface area contributed by atoms with Crippen LogP contribution in [0.15, 0.2) is 30.6 Å². The second-order valence-electron chi connectivity index (χ2n) is 3.57. The van der Waals surface area contributed by atoms with Crippen molar-refractivity contribution in [2.45, 2.75) is 13.8 Å². The SMILES string of the molecule is Cc1cc(-n2ccnc2C)ccc1[N+](=O)[O-]. The first kappa shape index (κ1) is 10.4. The zero-order valence-electron chi connectivity index (χ0n) is 9.04. The van der Waals surface area contributed by atoms with Crippen LogP contribution in [-0.4, -0.2) is 14.5 Å². The lowest BCUT2D eigenvalue weighted by molar-refractivity contribution is -0.385. The average molecular weight is 217 g/mol. The summed E-state index contributed by atoms with van der Waals surface area (Å²) in [5, 5.41) is 10.7. The first-order chi connectivity index (χ1) is 7.59. The summed E-state index contributed by atoms with van der Waals surface area (Å²) in [4.78, 5) is 14.4. The molecule has 1 aromatic heterocycles. The number of nitro groups is 1. The van der Waals surface area contributed by atoms with E-state index in [2.05, 4.69) is 4.98 Å². The first-order valence-electron chi connectivity index (χ1n) is 4.85. The van der Waals surface area contributed by atoms with Gasteiger partial charge >= 0.3 is 0 Å². The van der Waals surface area contributed by atoms with Gasteiger partial charge in [0.25, 0.3) is 5.69 Å². The van der Waals surface area contributed by atoms with E-state index in [-0.39, 0.29) is 10.6 Å². The van der Waals surface area contributed by atoms with Gasteiger partial charge in [0.15, 0.2) is 0 Å². The van der Waals surface area contributed by atoms with Crippen LogP contribution in [0, 0.1) is 24.0 Å². The lowest BCUT2D eigenvalue weighted by Gasteiger charge is -2.06. The molecule has 0 aliphatic rings. The Balaban J connectivity index is 2.50. The lowest BCUT2D eigenvalue weighted by atomic mass is 10.2. The molecule has 5 heteroatoms. The molecular weight excluding hydrogens is 206 g/mol. The van der Waals surface area contributed by atoms with Gasteiger partial charge in [0.1, 0.15) is 5.82 Å². The molecule has 1 heterocycles. The fourth-order valence-corrected chi connectivity index (χ4v) is 1.65. The number of imidazole rings is 1. The Morgan fingerprint density at radius 2 is 2.12 bits per heavy atom. The predicted molar refractivity (Wildman–Crippen MR) is 59.7 cm³/mol. The number of nitrogens with zero attached hydrogens (tertiary/aromatic N) is 3. The summed E-state index contributed by atoms with van der Waals surface area (Å²) in [6.07, 6.45) is 3.53. The molecule has 0 aliphatic heterocycles. The van der Waals surface area contributed by atoms with Crippen LogP contribution in [0.4, 0.5) is 5.69 Å². The molecule has 0 aliphatic carbocycles. The van der Waals surface area contributed by atoms with Crippen molar-refractivity contribution in [1.82, 2.24) is 9.55 Å². The highest BCUT2D eigenvalue weighted by Gasteiger charge is 2.11. The van der Waals surface area contributed by atoms with Crippen LogP contribution in [0.3, 0.4) is 0 Å². The van der Waals surface area contributed by atoms with Gasteiger partial charge in [-0.2, -0.15) is 0 Å². The number of aromatic nitrogens is 2. The summed E-state index contributed by atoms with van der Waals surface area (Å²) in [6.45, 7) is 3.62. The fraction of sp³-hybridized carbons (Fsp3) is 0.182. The molecule has 0 bridgehead atoms. The fourth-order valence-electron chi connectivity index (χ4n) is 1.65. The van der Waals surface area contributed by atoms with Crippen LogP contribution < -0.4 is 0 Å². The third kappa shape index (κ3) is 1.67. The summed E-state index contributed by atoms with van der Waals surface area (Å²) < 4.78 is 1.89. The summed E-state index contributed by atoms with van der Waals surface area (Å²) in [7, 11) is 0. The standard InChI is InChI=1S/C11H11N3O2/c1-8-7-10(3-4-11(8)14(15)16)13-6-5-12-9(13)2/h3-7H,1-2H3. The van der Waals surface area contributed by atoms with Crippen LogP contribution in [0.5, 0.6) is 0 Å². The molecule has 0 saturated carbocycles. The summed E-state index contributed by atoms with van der Waals surface area (Å²) in [5.41, 5.74) is 1.68. The van der Waals surface area contributed by atoms with Gasteiger partial charge in [-0.1, -0.05) is 0 Å². The number of hydrogen-bond acceptors (Lipinski definition) is 3. The maximum Gasteiger partial charge on any atom is 0.272 e. The normalized spacial score (nSPS) is 10.4. The minimum Gasteiger partial charge on any atom is -0.304 e. The van der Waals surface area contributed by atoms with Crippen molar-refractivity contribution in [3.63, 3.8) is 0 Å². The van der Waals surface area contributed by atoms with Crippen molar-refractivity contribution >= 4 is 5.69 Å². The number of nitro benzene ring substituents is 1. The molecule has 0 atom stereocenters. The van der Waals surface area contributed by atoms with E-state index in [1.165, 1.54) is 6.07 Å². The lowest BCUT2D eigenvalue weighted by Crippen LogP contribution is -1.98. The monoisotopic (exact) mass is 217 g/mol. The molecule has 0 saturated heterocycles. The van der Waals surface area contributed by atoms with Gasteiger partial charge in [-0.3, -0.25) is 10.1 Å². The molecule has 2 aromatic rings. The van der Waals surface area contributed by atoms with Gasteiger partial charge in [0.2, 0.25) is 0 Å². The Morgan fingerprint density at radius 1 is 1.38 bits per heavy atom. The molecular formula is C11H11N3O2. The van der Waals surface area contributed by atoms with Crippen LogP contribution >= 0.6 is 0 Å². The van der Waals surface area contributed by atoms with E-state index < -0.39 is 0 Å². The molecule has 0 N–H and O–H groups in total. The van der Waals surface area contributed by atoms with E-state index in [0.717, 1.165) is 11.5 Å². The third-order valence-corrected chi connectivity index (χ3v) is 2.48. The molecule has 0 amide bonds. The Kier molecular flexibility index (Phi) is 2.44. The highest BCUT2D eigenvalue weighted by atomic mass is 16.6. The van der Waals surface area contributed by atoms with E-state index >= 15 is 0 Å². The zero-order valence-corrected chi connectivity index (χ0v) is 9.04. The van der Waals surface area contributed by atoms with Crippen molar-refractivity contribution < 1.29 is 4.92 Å². The van der Waals surface area contributed by atoms with Gasteiger partial charge in [0.05, 0.1) is 4.92 Å². The topological polar surface area (TPSA) is 61.0 Å². The van der Waals surface area contributed by atoms with E-state index in [1.807, 2.05) is 17.7 Å². The largest absolute Gasteiger partial charge is 0.304 e. The second-order valence-corrected chi connectivity index (χ2v) is 3.57. The van der Waals surface area contributed by atoms with Gasteiger partial charge in [-0.25, -0.2) is 4.98 Å². The average Bonchev–Trinajstić information content (AvgIpc) is 2.63. The third-order valence-electron chi connectivity index (χ3n) is 2.48.